The minimum absolute atomic E-state index is 0.0815. The Kier molecular flexibility index (Phi) is 7.01. The molecule has 0 bridgehead atoms. The number of anilines is 1. The van der Waals surface area contributed by atoms with Crippen molar-refractivity contribution in [2.45, 2.75) is 44.1 Å². The van der Waals surface area contributed by atoms with E-state index in [4.69, 9.17) is 4.74 Å². The molecule has 1 aromatic carbocycles. The van der Waals surface area contributed by atoms with E-state index in [2.05, 4.69) is 15.5 Å². The average molecular weight is 523 g/mol. The summed E-state index contributed by atoms with van der Waals surface area (Å²) >= 11 is 0. The molecule has 2 aliphatic heterocycles. The second-order valence-electron chi connectivity index (χ2n) is 10.3. The van der Waals surface area contributed by atoms with E-state index in [-0.39, 0.29) is 36.8 Å². The summed E-state index contributed by atoms with van der Waals surface area (Å²) in [7, 11) is 2.04. The van der Waals surface area contributed by atoms with E-state index in [0.29, 0.717) is 17.5 Å². The Labute approximate surface area is 211 Å². The Balaban J connectivity index is 1.44. The lowest BCUT2D eigenvalue weighted by atomic mass is 10.0. The number of rotatable bonds is 7. The maximum absolute atomic E-state index is 14.7. The molecule has 2 aromatic rings. The molecule has 1 saturated carbocycles. The number of carbonyl (C=O) groups excluding carboxylic acids is 1. The van der Waals surface area contributed by atoms with Crippen molar-refractivity contribution in [3.05, 3.63) is 63.3 Å². The molecule has 11 heteroatoms. The van der Waals surface area contributed by atoms with Gasteiger partial charge >= 0.3 is 0 Å². The molecule has 0 spiro atoms. The summed E-state index contributed by atoms with van der Waals surface area (Å²) in [4.78, 5) is 28.7. The third-order valence-electron chi connectivity index (χ3n) is 7.74. The van der Waals surface area contributed by atoms with Crippen molar-refractivity contribution in [2.24, 2.45) is 11.8 Å². The molecule has 7 nitrogen and oxygen atoms in total. The van der Waals surface area contributed by atoms with Crippen molar-refractivity contribution in [1.29, 1.82) is 0 Å². The van der Waals surface area contributed by atoms with Crippen LogP contribution in [-0.2, 0) is 4.74 Å². The van der Waals surface area contributed by atoms with Gasteiger partial charge in [0.2, 0.25) is 0 Å². The van der Waals surface area contributed by atoms with Crippen LogP contribution in [0.15, 0.2) is 35.3 Å². The van der Waals surface area contributed by atoms with Gasteiger partial charge in [0, 0.05) is 43.6 Å². The maximum atomic E-state index is 14.7. The summed E-state index contributed by atoms with van der Waals surface area (Å²) in [5, 5.41) is 5.99. The van der Waals surface area contributed by atoms with Crippen molar-refractivity contribution in [1.82, 2.24) is 14.8 Å². The zero-order chi connectivity index (χ0) is 26.4. The van der Waals surface area contributed by atoms with Gasteiger partial charge in [-0.05, 0) is 32.2 Å². The van der Waals surface area contributed by atoms with Crippen LogP contribution in [-0.4, -0.2) is 60.9 Å². The standard InChI is InChI=1S/C26H30F4N4O3/c1-13(14-4-3-5-15(23(14)28)25(29)30)31-26(36)18-11-34(21-6-7-37-12-19(21)27)22(35)8-20(18)32-24-16-9-33(2)10-17(16)24/h3-5,8,11,13,16-17,19,21,24-25,32H,6-7,9-10,12H2,1-2H3,(H,31,36)/t13-,16-,17+,19-,21-,24?/m1/s1. The van der Waals surface area contributed by atoms with Gasteiger partial charge in [0.05, 0.1) is 35.5 Å². The number of aromatic nitrogens is 1. The quantitative estimate of drug-likeness (QED) is 0.543. The fraction of sp³-hybridized carbons (Fsp3) is 0.538. The summed E-state index contributed by atoms with van der Waals surface area (Å²) in [6, 6.07) is 3.33. The van der Waals surface area contributed by atoms with Crippen LogP contribution < -0.4 is 16.2 Å². The number of piperidine rings is 1. The minimum Gasteiger partial charge on any atom is -0.381 e. The van der Waals surface area contributed by atoms with Gasteiger partial charge < -0.3 is 24.8 Å². The van der Waals surface area contributed by atoms with Gasteiger partial charge in [-0.25, -0.2) is 17.6 Å². The Morgan fingerprint density at radius 2 is 1.89 bits per heavy atom. The molecule has 1 aliphatic carbocycles. The first kappa shape index (κ1) is 25.7. The molecule has 5 rings (SSSR count). The lowest BCUT2D eigenvalue weighted by Crippen LogP contribution is -2.38. The SMILES string of the molecule is C[C@@H](NC(=O)c1cn([C@@H]2CCOC[C@H]2F)c(=O)cc1NC1[C@H]2CN(C)C[C@@H]12)c1cccc(C(F)F)c1F. The number of fused-ring (bicyclic) bond motifs is 1. The number of ether oxygens (including phenoxy) is 1. The van der Waals surface area contributed by atoms with E-state index >= 15 is 0 Å². The number of hydrogen-bond acceptors (Lipinski definition) is 5. The van der Waals surface area contributed by atoms with Crippen LogP contribution in [0.3, 0.4) is 0 Å². The van der Waals surface area contributed by atoms with Crippen molar-refractivity contribution in [2.75, 3.05) is 38.7 Å². The summed E-state index contributed by atoms with van der Waals surface area (Å²) in [6.45, 7) is 3.45. The van der Waals surface area contributed by atoms with Crippen LogP contribution in [0.4, 0.5) is 23.2 Å². The van der Waals surface area contributed by atoms with Gasteiger partial charge in [0.25, 0.3) is 17.9 Å². The predicted molar refractivity (Wildman–Crippen MR) is 129 cm³/mol. The van der Waals surface area contributed by atoms with Gasteiger partial charge in [-0.15, -0.1) is 0 Å². The zero-order valence-corrected chi connectivity index (χ0v) is 20.6. The Bertz CT molecular complexity index is 1230. The fourth-order valence-corrected chi connectivity index (χ4v) is 5.67. The number of halogens is 4. The molecular weight excluding hydrogens is 492 g/mol. The van der Waals surface area contributed by atoms with Crippen LogP contribution in [0.5, 0.6) is 0 Å². The monoisotopic (exact) mass is 522 g/mol. The molecule has 2 saturated heterocycles. The molecule has 3 fully saturated rings. The second kappa shape index (κ2) is 10.1. The van der Waals surface area contributed by atoms with E-state index in [0.717, 1.165) is 19.2 Å². The fourth-order valence-electron chi connectivity index (χ4n) is 5.67. The molecule has 2 N–H and O–H groups in total. The van der Waals surface area contributed by atoms with Crippen molar-refractivity contribution in [3.63, 3.8) is 0 Å². The Morgan fingerprint density at radius 1 is 1.19 bits per heavy atom. The summed E-state index contributed by atoms with van der Waals surface area (Å²) in [5.74, 6) is -0.902. The number of nitrogens with one attached hydrogen (secondary N) is 2. The highest BCUT2D eigenvalue weighted by Crippen LogP contribution is 2.47. The lowest BCUT2D eigenvalue weighted by molar-refractivity contribution is 0.00232. The molecule has 3 heterocycles. The van der Waals surface area contributed by atoms with E-state index in [1.807, 2.05) is 7.05 Å². The number of amides is 1. The molecule has 1 amide bonds. The van der Waals surface area contributed by atoms with E-state index in [1.54, 1.807) is 0 Å². The van der Waals surface area contributed by atoms with Gasteiger partial charge in [0.1, 0.15) is 12.0 Å². The summed E-state index contributed by atoms with van der Waals surface area (Å²) in [6.07, 6.45) is -2.79. The average Bonchev–Trinajstić information content (AvgIpc) is 3.29. The van der Waals surface area contributed by atoms with Crippen LogP contribution in [0.2, 0.25) is 0 Å². The molecular formula is C26H30F4N4O3. The Hall–Kier alpha value is -2.92. The molecule has 1 unspecified atom stereocenters. The summed E-state index contributed by atoms with van der Waals surface area (Å²) < 4.78 is 62.1. The first-order valence-corrected chi connectivity index (χ1v) is 12.5. The van der Waals surface area contributed by atoms with Gasteiger partial charge in [-0.2, -0.15) is 0 Å². The van der Waals surface area contributed by atoms with Crippen molar-refractivity contribution in [3.8, 4) is 0 Å². The van der Waals surface area contributed by atoms with Crippen molar-refractivity contribution < 1.29 is 27.1 Å². The minimum atomic E-state index is -2.99. The molecule has 0 radical (unpaired) electrons. The van der Waals surface area contributed by atoms with Gasteiger partial charge in [0.15, 0.2) is 0 Å². The number of alkyl halides is 3. The molecule has 6 atom stereocenters. The maximum Gasteiger partial charge on any atom is 0.266 e. The number of hydrogen-bond donors (Lipinski definition) is 2. The highest BCUT2D eigenvalue weighted by atomic mass is 19.3. The Morgan fingerprint density at radius 3 is 2.57 bits per heavy atom. The van der Waals surface area contributed by atoms with Crippen LogP contribution in [0.25, 0.3) is 0 Å². The van der Waals surface area contributed by atoms with E-state index in [9.17, 15) is 27.2 Å². The highest BCUT2D eigenvalue weighted by Gasteiger charge is 2.55. The molecule has 37 heavy (non-hydrogen) atoms. The lowest BCUT2D eigenvalue weighted by Gasteiger charge is -2.29. The summed E-state index contributed by atoms with van der Waals surface area (Å²) in [5.41, 5.74) is -0.846. The number of benzene rings is 1. The normalized spacial score (nSPS) is 28.1. The molecule has 200 valence electrons. The number of carbonyl (C=O) groups is 1. The van der Waals surface area contributed by atoms with Crippen LogP contribution in [0.1, 0.15) is 53.3 Å². The third-order valence-corrected chi connectivity index (χ3v) is 7.74. The van der Waals surface area contributed by atoms with Gasteiger partial charge in [-0.3, -0.25) is 9.59 Å². The van der Waals surface area contributed by atoms with E-state index in [1.165, 1.54) is 35.9 Å². The number of nitrogens with zero attached hydrogens (tertiary/aromatic N) is 2. The molecule has 3 aliphatic rings. The number of pyridine rings is 1. The zero-order valence-electron chi connectivity index (χ0n) is 20.6. The van der Waals surface area contributed by atoms with Crippen LogP contribution in [0, 0.1) is 17.7 Å². The van der Waals surface area contributed by atoms with Crippen LogP contribution >= 0.6 is 0 Å². The van der Waals surface area contributed by atoms with Gasteiger partial charge in [-0.1, -0.05) is 18.2 Å². The predicted octanol–water partition coefficient (Wildman–Crippen LogP) is 3.69. The first-order chi connectivity index (χ1) is 17.7. The number of likely N-dealkylation sites (tertiary alicyclic amines) is 1. The topological polar surface area (TPSA) is 75.6 Å². The smallest absolute Gasteiger partial charge is 0.266 e. The highest BCUT2D eigenvalue weighted by molar-refractivity contribution is 5.99. The second-order valence-corrected chi connectivity index (χ2v) is 10.3. The molecule has 1 aromatic heterocycles. The van der Waals surface area contributed by atoms with Crippen molar-refractivity contribution >= 4 is 11.6 Å². The largest absolute Gasteiger partial charge is 0.381 e. The first-order valence-electron chi connectivity index (χ1n) is 12.5. The van der Waals surface area contributed by atoms with E-state index < -0.39 is 47.5 Å². The third kappa shape index (κ3) is 4.98.